The van der Waals surface area contributed by atoms with E-state index in [2.05, 4.69) is 20.5 Å². The highest BCUT2D eigenvalue weighted by Gasteiger charge is 2.29. The number of carbonyl (C=O) groups is 1. The van der Waals surface area contributed by atoms with E-state index >= 15 is 0 Å². The first-order chi connectivity index (χ1) is 10.3. The number of morpholine rings is 1. The van der Waals surface area contributed by atoms with Crippen LogP contribution in [-0.2, 0) is 9.53 Å². The monoisotopic (exact) mass is 290 g/mol. The van der Waals surface area contributed by atoms with Gasteiger partial charge in [-0.2, -0.15) is 0 Å². The number of hydrogen-bond donors (Lipinski definition) is 2. The molecule has 0 saturated carbocycles. The number of rotatable bonds is 4. The van der Waals surface area contributed by atoms with Crippen molar-refractivity contribution in [2.45, 2.75) is 6.92 Å². The first-order valence-corrected chi connectivity index (χ1v) is 7.55. The number of nitrogens with zero attached hydrogens (tertiary/aromatic N) is 2. The van der Waals surface area contributed by atoms with Crippen molar-refractivity contribution < 1.29 is 9.53 Å². The molecule has 0 spiro atoms. The van der Waals surface area contributed by atoms with Crippen LogP contribution in [0.5, 0.6) is 0 Å². The second-order valence-corrected chi connectivity index (χ2v) is 5.67. The van der Waals surface area contributed by atoms with Crippen LogP contribution in [-0.4, -0.2) is 50.3 Å². The summed E-state index contributed by atoms with van der Waals surface area (Å²) < 4.78 is 5.37. The fourth-order valence-corrected chi connectivity index (χ4v) is 2.65. The third kappa shape index (κ3) is 3.16. The molecule has 2 aliphatic heterocycles. The van der Waals surface area contributed by atoms with Crippen molar-refractivity contribution >= 4 is 17.4 Å². The SMILES string of the molecule is CC(C(=O)Nc1cccnc1N1CCOCC1)C1CNC1. The van der Waals surface area contributed by atoms with Crippen LogP contribution < -0.4 is 15.5 Å². The van der Waals surface area contributed by atoms with Gasteiger partial charge in [0.1, 0.15) is 0 Å². The average Bonchev–Trinajstić information content (AvgIpc) is 2.47. The summed E-state index contributed by atoms with van der Waals surface area (Å²) in [7, 11) is 0. The van der Waals surface area contributed by atoms with Gasteiger partial charge in [0.15, 0.2) is 5.82 Å². The second kappa shape index (κ2) is 6.41. The number of hydrogen-bond acceptors (Lipinski definition) is 5. The maximum atomic E-state index is 12.4. The summed E-state index contributed by atoms with van der Waals surface area (Å²) in [5.41, 5.74) is 0.795. The van der Waals surface area contributed by atoms with E-state index < -0.39 is 0 Å². The Balaban J connectivity index is 1.70. The zero-order valence-corrected chi connectivity index (χ0v) is 12.3. The summed E-state index contributed by atoms with van der Waals surface area (Å²) >= 11 is 0. The molecule has 3 rings (SSSR count). The zero-order chi connectivity index (χ0) is 14.7. The molecule has 1 amide bonds. The number of ether oxygens (including phenoxy) is 1. The van der Waals surface area contributed by atoms with Gasteiger partial charge in [-0.25, -0.2) is 4.98 Å². The van der Waals surface area contributed by atoms with Crippen molar-refractivity contribution in [2.75, 3.05) is 49.6 Å². The van der Waals surface area contributed by atoms with Gasteiger partial charge in [-0.05, 0) is 31.1 Å². The van der Waals surface area contributed by atoms with Gasteiger partial charge in [0, 0.05) is 25.2 Å². The smallest absolute Gasteiger partial charge is 0.227 e. The first-order valence-electron chi connectivity index (χ1n) is 7.55. The number of aromatic nitrogens is 1. The van der Waals surface area contributed by atoms with E-state index in [0.29, 0.717) is 19.1 Å². The average molecular weight is 290 g/mol. The highest BCUT2D eigenvalue weighted by atomic mass is 16.5. The minimum absolute atomic E-state index is 0.0176. The van der Waals surface area contributed by atoms with Crippen LogP contribution in [0.4, 0.5) is 11.5 Å². The molecule has 0 aromatic carbocycles. The Labute approximate surface area is 124 Å². The van der Waals surface area contributed by atoms with Crippen LogP contribution in [0.3, 0.4) is 0 Å². The Hall–Kier alpha value is -1.66. The maximum absolute atomic E-state index is 12.4. The highest BCUT2D eigenvalue weighted by molar-refractivity contribution is 5.95. The molecule has 0 aliphatic carbocycles. The largest absolute Gasteiger partial charge is 0.378 e. The molecule has 6 nitrogen and oxygen atoms in total. The Kier molecular flexibility index (Phi) is 4.36. The molecular formula is C15H22N4O2. The zero-order valence-electron chi connectivity index (χ0n) is 12.3. The van der Waals surface area contributed by atoms with Crippen LogP contribution >= 0.6 is 0 Å². The molecule has 2 saturated heterocycles. The van der Waals surface area contributed by atoms with E-state index in [1.54, 1.807) is 6.20 Å². The van der Waals surface area contributed by atoms with Crippen molar-refractivity contribution in [2.24, 2.45) is 11.8 Å². The lowest BCUT2D eigenvalue weighted by Gasteiger charge is -2.32. The lowest BCUT2D eigenvalue weighted by molar-refractivity contribution is -0.121. The van der Waals surface area contributed by atoms with E-state index in [1.807, 2.05) is 19.1 Å². The van der Waals surface area contributed by atoms with Gasteiger partial charge in [-0.1, -0.05) is 6.92 Å². The third-order valence-electron chi connectivity index (χ3n) is 4.29. The molecule has 2 N–H and O–H groups in total. The lowest BCUT2D eigenvalue weighted by Crippen LogP contribution is -2.48. The molecule has 1 unspecified atom stereocenters. The van der Waals surface area contributed by atoms with Gasteiger partial charge in [0.25, 0.3) is 0 Å². The predicted octanol–water partition coefficient (Wildman–Crippen LogP) is 0.712. The normalized spacial score (nSPS) is 20.7. The van der Waals surface area contributed by atoms with Crippen LogP contribution in [0.1, 0.15) is 6.92 Å². The Morgan fingerprint density at radius 2 is 2.24 bits per heavy atom. The predicted molar refractivity (Wildman–Crippen MR) is 81.4 cm³/mol. The van der Waals surface area contributed by atoms with Crippen LogP contribution in [0.25, 0.3) is 0 Å². The highest BCUT2D eigenvalue weighted by Crippen LogP contribution is 2.25. The van der Waals surface area contributed by atoms with Crippen molar-refractivity contribution in [3.05, 3.63) is 18.3 Å². The summed E-state index contributed by atoms with van der Waals surface area (Å²) in [6.45, 7) is 6.87. The number of amides is 1. The lowest BCUT2D eigenvalue weighted by atomic mass is 9.88. The molecule has 2 aliphatic rings. The fourth-order valence-electron chi connectivity index (χ4n) is 2.65. The molecule has 0 radical (unpaired) electrons. The number of anilines is 2. The molecular weight excluding hydrogens is 268 g/mol. The van der Waals surface area contributed by atoms with E-state index in [0.717, 1.165) is 37.7 Å². The molecule has 1 atom stereocenters. The van der Waals surface area contributed by atoms with Crippen LogP contribution in [0.2, 0.25) is 0 Å². The van der Waals surface area contributed by atoms with E-state index in [1.165, 1.54) is 0 Å². The Bertz CT molecular complexity index is 498. The van der Waals surface area contributed by atoms with E-state index in [4.69, 9.17) is 4.74 Å². The molecule has 1 aromatic heterocycles. The van der Waals surface area contributed by atoms with E-state index in [9.17, 15) is 4.79 Å². The summed E-state index contributed by atoms with van der Waals surface area (Å²) in [5, 5.41) is 6.25. The van der Waals surface area contributed by atoms with Gasteiger partial charge in [0.05, 0.1) is 18.9 Å². The van der Waals surface area contributed by atoms with Crippen molar-refractivity contribution in [3.63, 3.8) is 0 Å². The molecule has 1 aromatic rings. The van der Waals surface area contributed by atoms with Crippen LogP contribution in [0, 0.1) is 11.8 Å². The number of nitrogens with one attached hydrogen (secondary N) is 2. The molecule has 114 valence electrons. The molecule has 21 heavy (non-hydrogen) atoms. The summed E-state index contributed by atoms with van der Waals surface area (Å²) in [4.78, 5) is 19.0. The minimum Gasteiger partial charge on any atom is -0.378 e. The quantitative estimate of drug-likeness (QED) is 0.855. The third-order valence-corrected chi connectivity index (χ3v) is 4.29. The van der Waals surface area contributed by atoms with Crippen molar-refractivity contribution in [1.82, 2.24) is 10.3 Å². The molecule has 6 heteroatoms. The number of carbonyl (C=O) groups excluding carboxylic acids is 1. The van der Waals surface area contributed by atoms with Gasteiger partial charge < -0.3 is 20.3 Å². The van der Waals surface area contributed by atoms with Gasteiger partial charge >= 0.3 is 0 Å². The molecule has 2 fully saturated rings. The maximum Gasteiger partial charge on any atom is 0.227 e. The first kappa shape index (κ1) is 14.3. The van der Waals surface area contributed by atoms with Gasteiger partial charge in [-0.3, -0.25) is 4.79 Å². The molecule has 3 heterocycles. The van der Waals surface area contributed by atoms with Crippen molar-refractivity contribution in [1.29, 1.82) is 0 Å². The summed E-state index contributed by atoms with van der Waals surface area (Å²) in [6.07, 6.45) is 1.76. The summed E-state index contributed by atoms with van der Waals surface area (Å²) in [5.74, 6) is 1.37. The minimum atomic E-state index is 0.0176. The van der Waals surface area contributed by atoms with Crippen molar-refractivity contribution in [3.8, 4) is 0 Å². The summed E-state index contributed by atoms with van der Waals surface area (Å²) in [6, 6.07) is 3.77. The van der Waals surface area contributed by atoms with E-state index in [-0.39, 0.29) is 11.8 Å². The van der Waals surface area contributed by atoms with Gasteiger partial charge in [-0.15, -0.1) is 0 Å². The van der Waals surface area contributed by atoms with Crippen LogP contribution in [0.15, 0.2) is 18.3 Å². The Morgan fingerprint density at radius 3 is 2.90 bits per heavy atom. The number of pyridine rings is 1. The Morgan fingerprint density at radius 1 is 1.48 bits per heavy atom. The molecule has 0 bridgehead atoms. The topological polar surface area (TPSA) is 66.5 Å². The fraction of sp³-hybridized carbons (Fsp3) is 0.600. The standard InChI is InChI=1S/C15H22N4O2/c1-11(12-9-16-10-12)15(20)18-13-3-2-4-17-14(13)19-5-7-21-8-6-19/h2-4,11-12,16H,5-10H2,1H3,(H,18,20). The van der Waals surface area contributed by atoms with Gasteiger partial charge in [0.2, 0.25) is 5.91 Å². The second-order valence-electron chi connectivity index (χ2n) is 5.67.